The second-order valence-electron chi connectivity index (χ2n) is 3.61. The number of thioether (sulfide) groups is 1. The van der Waals surface area contributed by atoms with Crippen LogP contribution in [0.3, 0.4) is 0 Å². The van der Waals surface area contributed by atoms with Crippen LogP contribution in [0.15, 0.2) is 29.3 Å². The van der Waals surface area contributed by atoms with Crippen LogP contribution in [0.1, 0.15) is 5.56 Å². The first kappa shape index (κ1) is 11.9. The predicted molar refractivity (Wildman–Crippen MR) is 64.8 cm³/mol. The minimum absolute atomic E-state index is 0.0470. The zero-order chi connectivity index (χ0) is 12.4. The highest BCUT2D eigenvalue weighted by Crippen LogP contribution is 2.28. The summed E-state index contributed by atoms with van der Waals surface area (Å²) in [6.07, 6.45) is 1.61. The van der Waals surface area contributed by atoms with Crippen molar-refractivity contribution in [3.8, 4) is 0 Å². The lowest BCUT2D eigenvalue weighted by molar-refractivity contribution is -0.133. The lowest BCUT2D eigenvalue weighted by Crippen LogP contribution is -1.98. The van der Waals surface area contributed by atoms with Crippen molar-refractivity contribution in [2.45, 2.75) is 11.8 Å². The molecule has 1 aromatic carbocycles. The average Bonchev–Trinajstić information content (AvgIpc) is 2.26. The van der Waals surface area contributed by atoms with Gasteiger partial charge in [-0.25, -0.2) is 4.39 Å². The predicted octanol–water partition coefficient (Wildman–Crippen LogP) is 2.86. The van der Waals surface area contributed by atoms with Gasteiger partial charge in [-0.05, 0) is 30.7 Å². The molecule has 5 heteroatoms. The lowest BCUT2D eigenvalue weighted by Gasteiger charge is -2.06. The number of hydrogen-bond acceptors (Lipinski definition) is 3. The van der Waals surface area contributed by atoms with E-state index in [0.29, 0.717) is 10.9 Å². The molecular formula is C12H10FNO2S. The topological polar surface area (TPSA) is 50.2 Å². The Morgan fingerprint density at radius 2 is 2.29 bits per heavy atom. The third kappa shape index (κ3) is 2.55. The molecular weight excluding hydrogens is 241 g/mol. The first-order chi connectivity index (χ1) is 8.08. The number of carboxylic acids is 1. The van der Waals surface area contributed by atoms with Crippen LogP contribution in [0.5, 0.6) is 0 Å². The second kappa shape index (κ2) is 4.71. The first-order valence-electron chi connectivity index (χ1n) is 4.97. The second-order valence-corrected chi connectivity index (χ2v) is 4.63. The number of halogens is 1. The number of hydrogen-bond donors (Lipinski definition) is 1. The number of pyridine rings is 1. The molecule has 0 aliphatic carbocycles. The molecule has 0 bridgehead atoms. The number of aryl methyl sites for hydroxylation is 1. The molecule has 0 aliphatic heterocycles. The number of rotatable bonds is 3. The highest BCUT2D eigenvalue weighted by atomic mass is 32.2. The minimum Gasteiger partial charge on any atom is -0.481 e. The maximum absolute atomic E-state index is 13.3. The Balaban J connectivity index is 2.52. The van der Waals surface area contributed by atoms with Gasteiger partial charge in [-0.15, -0.1) is 11.8 Å². The normalized spacial score (nSPS) is 10.7. The maximum Gasteiger partial charge on any atom is 0.313 e. The first-order valence-corrected chi connectivity index (χ1v) is 5.96. The molecule has 0 radical (unpaired) electrons. The van der Waals surface area contributed by atoms with E-state index in [1.807, 2.05) is 0 Å². The van der Waals surface area contributed by atoms with Gasteiger partial charge in [0, 0.05) is 16.5 Å². The Morgan fingerprint density at radius 1 is 1.53 bits per heavy atom. The van der Waals surface area contributed by atoms with Crippen LogP contribution >= 0.6 is 11.8 Å². The van der Waals surface area contributed by atoms with E-state index < -0.39 is 5.97 Å². The van der Waals surface area contributed by atoms with Gasteiger partial charge in [-0.3, -0.25) is 9.78 Å². The number of benzene rings is 1. The summed E-state index contributed by atoms with van der Waals surface area (Å²) in [7, 11) is 0. The fourth-order valence-corrected chi connectivity index (χ4v) is 2.38. The van der Waals surface area contributed by atoms with E-state index >= 15 is 0 Å². The van der Waals surface area contributed by atoms with Crippen molar-refractivity contribution >= 4 is 28.6 Å². The molecule has 1 N–H and O–H groups in total. The summed E-state index contributed by atoms with van der Waals surface area (Å²) in [5.41, 5.74) is 1.46. The van der Waals surface area contributed by atoms with Gasteiger partial charge >= 0.3 is 5.97 Å². The quantitative estimate of drug-likeness (QED) is 0.852. The number of fused-ring (bicyclic) bond motifs is 1. The standard InChI is InChI=1S/C12H10FNO2S/c1-7-4-8(13)5-9-10(17-6-11(15)16)2-3-14-12(7)9/h2-5H,6H2,1H3,(H,15,16). The number of aromatic nitrogens is 1. The van der Waals surface area contributed by atoms with E-state index in [1.165, 1.54) is 23.9 Å². The molecule has 1 heterocycles. The van der Waals surface area contributed by atoms with Gasteiger partial charge in [0.2, 0.25) is 0 Å². The van der Waals surface area contributed by atoms with Crippen LogP contribution in [-0.2, 0) is 4.79 Å². The Labute approximate surface area is 102 Å². The minimum atomic E-state index is -0.895. The summed E-state index contributed by atoms with van der Waals surface area (Å²) in [4.78, 5) is 15.5. The number of carboxylic acid groups (broad SMARTS) is 1. The van der Waals surface area contributed by atoms with Gasteiger partial charge in [-0.2, -0.15) is 0 Å². The number of carbonyl (C=O) groups is 1. The van der Waals surface area contributed by atoms with Crippen LogP contribution in [-0.4, -0.2) is 21.8 Å². The third-order valence-electron chi connectivity index (χ3n) is 2.31. The molecule has 0 unspecified atom stereocenters. The summed E-state index contributed by atoms with van der Waals surface area (Å²) < 4.78 is 13.3. The highest BCUT2D eigenvalue weighted by Gasteiger charge is 2.08. The smallest absolute Gasteiger partial charge is 0.313 e. The van der Waals surface area contributed by atoms with Crippen LogP contribution < -0.4 is 0 Å². The molecule has 0 saturated heterocycles. The largest absolute Gasteiger partial charge is 0.481 e. The molecule has 88 valence electrons. The van der Waals surface area contributed by atoms with Crippen molar-refractivity contribution < 1.29 is 14.3 Å². The van der Waals surface area contributed by atoms with Crippen LogP contribution in [0, 0.1) is 12.7 Å². The van der Waals surface area contributed by atoms with Crippen molar-refractivity contribution in [1.29, 1.82) is 0 Å². The highest BCUT2D eigenvalue weighted by molar-refractivity contribution is 8.00. The van der Waals surface area contributed by atoms with Crippen molar-refractivity contribution in [1.82, 2.24) is 4.98 Å². The maximum atomic E-state index is 13.3. The van der Waals surface area contributed by atoms with E-state index in [-0.39, 0.29) is 11.6 Å². The van der Waals surface area contributed by atoms with Gasteiger partial charge in [-0.1, -0.05) is 0 Å². The van der Waals surface area contributed by atoms with Gasteiger partial charge in [0.1, 0.15) is 5.82 Å². The van der Waals surface area contributed by atoms with Crippen LogP contribution in [0.25, 0.3) is 10.9 Å². The molecule has 0 atom stereocenters. The molecule has 0 fully saturated rings. The van der Waals surface area contributed by atoms with Crippen LogP contribution in [0.2, 0.25) is 0 Å². The number of aliphatic carboxylic acids is 1. The Kier molecular flexibility index (Phi) is 3.28. The van der Waals surface area contributed by atoms with Crippen molar-refractivity contribution in [3.05, 3.63) is 35.8 Å². The SMILES string of the molecule is Cc1cc(F)cc2c(SCC(=O)O)ccnc12. The van der Waals surface area contributed by atoms with Gasteiger partial charge < -0.3 is 5.11 Å². The fourth-order valence-electron chi connectivity index (χ4n) is 1.63. The fraction of sp³-hybridized carbons (Fsp3) is 0.167. The summed E-state index contributed by atoms with van der Waals surface area (Å²) >= 11 is 1.17. The summed E-state index contributed by atoms with van der Waals surface area (Å²) in [5, 5.41) is 9.31. The van der Waals surface area contributed by atoms with Crippen molar-refractivity contribution in [2.24, 2.45) is 0 Å². The summed E-state index contributed by atoms with van der Waals surface area (Å²) in [5.74, 6) is -1.28. The third-order valence-corrected chi connectivity index (χ3v) is 3.37. The Hall–Kier alpha value is -1.62. The molecule has 0 saturated carbocycles. The Morgan fingerprint density at radius 3 is 3.00 bits per heavy atom. The van der Waals surface area contributed by atoms with Crippen molar-refractivity contribution in [3.63, 3.8) is 0 Å². The summed E-state index contributed by atoms with van der Waals surface area (Å²) in [6.45, 7) is 1.78. The van der Waals surface area contributed by atoms with E-state index in [9.17, 15) is 9.18 Å². The Bertz CT molecular complexity index is 586. The molecule has 1 aromatic heterocycles. The van der Waals surface area contributed by atoms with Gasteiger partial charge in [0.05, 0.1) is 11.3 Å². The van der Waals surface area contributed by atoms with Gasteiger partial charge in [0.25, 0.3) is 0 Å². The molecule has 0 amide bonds. The van der Waals surface area contributed by atoms with E-state index in [1.54, 1.807) is 19.2 Å². The molecule has 2 rings (SSSR count). The zero-order valence-electron chi connectivity index (χ0n) is 9.11. The number of nitrogens with zero attached hydrogens (tertiary/aromatic N) is 1. The average molecular weight is 251 g/mol. The molecule has 2 aromatic rings. The van der Waals surface area contributed by atoms with Gasteiger partial charge in [0.15, 0.2) is 0 Å². The van der Waals surface area contributed by atoms with Crippen LogP contribution in [0.4, 0.5) is 4.39 Å². The van der Waals surface area contributed by atoms with E-state index in [4.69, 9.17) is 5.11 Å². The lowest BCUT2D eigenvalue weighted by atomic mass is 10.1. The molecule has 0 aliphatic rings. The molecule has 0 spiro atoms. The van der Waals surface area contributed by atoms with E-state index in [0.717, 1.165) is 10.5 Å². The zero-order valence-corrected chi connectivity index (χ0v) is 9.92. The van der Waals surface area contributed by atoms with Crippen molar-refractivity contribution in [2.75, 3.05) is 5.75 Å². The monoisotopic (exact) mass is 251 g/mol. The molecule has 3 nitrogen and oxygen atoms in total. The molecule has 17 heavy (non-hydrogen) atoms. The van der Waals surface area contributed by atoms with E-state index in [2.05, 4.69) is 4.98 Å². The summed E-state index contributed by atoms with van der Waals surface area (Å²) in [6, 6.07) is 4.51.